The monoisotopic (exact) mass is 389 g/mol. The molecule has 0 spiro atoms. The largest absolute Gasteiger partial charge is 0.355 e. The fourth-order valence-electron chi connectivity index (χ4n) is 3.72. The third kappa shape index (κ3) is 5.05. The van der Waals surface area contributed by atoms with Crippen molar-refractivity contribution in [1.82, 2.24) is 15.2 Å². The Bertz CT molecular complexity index is 758. The van der Waals surface area contributed by atoms with Crippen molar-refractivity contribution < 1.29 is 14.5 Å². The van der Waals surface area contributed by atoms with Gasteiger partial charge in [-0.05, 0) is 38.8 Å². The van der Waals surface area contributed by atoms with Crippen LogP contribution < -0.4 is 10.2 Å². The number of hydrogen-bond donors (Lipinski definition) is 2. The van der Waals surface area contributed by atoms with Crippen LogP contribution in [0.25, 0.3) is 10.2 Å². The first-order chi connectivity index (χ1) is 13.1. The van der Waals surface area contributed by atoms with Crippen LogP contribution in [0.15, 0.2) is 24.3 Å². The van der Waals surface area contributed by atoms with Gasteiger partial charge in [-0.2, -0.15) is 0 Å². The zero-order chi connectivity index (χ0) is 19.2. The van der Waals surface area contributed by atoms with E-state index in [1.54, 1.807) is 16.2 Å². The standard InChI is InChI=1S/C20H28N4O2S/c1-3-21-18(25)13-24(4-2)19(26)14-23-11-7-8-15(12-23)20-22-16-9-5-6-10-17(16)27-20/h5-6,9-10,15H,3-4,7-8,11-14H2,1-2H3,(H,21,25)/p+1/t15-/m0/s1. The number of rotatable bonds is 7. The molecule has 0 bridgehead atoms. The fraction of sp³-hybridized carbons (Fsp3) is 0.550. The molecule has 27 heavy (non-hydrogen) atoms. The van der Waals surface area contributed by atoms with Crippen LogP contribution in [0.3, 0.4) is 0 Å². The third-order valence-electron chi connectivity index (χ3n) is 5.12. The number of nitrogens with zero attached hydrogens (tertiary/aromatic N) is 2. The maximum atomic E-state index is 12.7. The smallest absolute Gasteiger partial charge is 0.278 e. The second-order valence-corrected chi connectivity index (χ2v) is 8.16. The van der Waals surface area contributed by atoms with Gasteiger partial charge in [0.25, 0.3) is 5.91 Å². The summed E-state index contributed by atoms with van der Waals surface area (Å²) in [6.45, 7) is 7.50. The van der Waals surface area contributed by atoms with Crippen molar-refractivity contribution in [2.24, 2.45) is 0 Å². The quantitative estimate of drug-likeness (QED) is 0.744. The molecule has 1 aliphatic heterocycles. The van der Waals surface area contributed by atoms with Crippen molar-refractivity contribution in [3.8, 4) is 0 Å². The SMILES string of the molecule is CCNC(=O)CN(CC)C(=O)C[NH+]1CCC[C@H](c2nc3ccccc3s2)C1. The second kappa shape index (κ2) is 9.28. The molecule has 2 heterocycles. The molecule has 1 saturated heterocycles. The first kappa shape index (κ1) is 19.8. The Morgan fingerprint density at radius 2 is 2.15 bits per heavy atom. The topological polar surface area (TPSA) is 66.7 Å². The Hall–Kier alpha value is -1.99. The Labute approximate surface area is 164 Å². The number of piperidine rings is 1. The zero-order valence-electron chi connectivity index (χ0n) is 16.2. The van der Waals surface area contributed by atoms with Crippen LogP contribution in [0.4, 0.5) is 0 Å². The van der Waals surface area contributed by atoms with Crippen molar-refractivity contribution in [1.29, 1.82) is 0 Å². The van der Waals surface area contributed by atoms with Gasteiger partial charge in [0.2, 0.25) is 5.91 Å². The Kier molecular flexibility index (Phi) is 6.79. The van der Waals surface area contributed by atoms with Crippen molar-refractivity contribution in [2.45, 2.75) is 32.6 Å². The summed E-state index contributed by atoms with van der Waals surface area (Å²) in [5.41, 5.74) is 1.07. The van der Waals surface area contributed by atoms with Crippen molar-refractivity contribution >= 4 is 33.4 Å². The van der Waals surface area contributed by atoms with E-state index in [1.807, 2.05) is 19.9 Å². The molecular weight excluding hydrogens is 360 g/mol. The van der Waals surface area contributed by atoms with Crippen molar-refractivity contribution in [2.75, 3.05) is 39.3 Å². The minimum atomic E-state index is -0.0892. The van der Waals surface area contributed by atoms with Gasteiger partial charge in [-0.15, -0.1) is 11.3 Å². The summed E-state index contributed by atoms with van der Waals surface area (Å²) in [6, 6.07) is 8.26. The molecule has 1 unspecified atom stereocenters. The number of fused-ring (bicyclic) bond motifs is 1. The van der Waals surface area contributed by atoms with E-state index in [0.29, 0.717) is 25.6 Å². The lowest BCUT2D eigenvalue weighted by Gasteiger charge is -2.30. The van der Waals surface area contributed by atoms with Gasteiger partial charge < -0.3 is 15.1 Å². The molecule has 3 rings (SSSR count). The van der Waals surface area contributed by atoms with E-state index in [9.17, 15) is 9.59 Å². The Morgan fingerprint density at radius 3 is 2.89 bits per heavy atom. The Morgan fingerprint density at radius 1 is 1.33 bits per heavy atom. The predicted molar refractivity (Wildman–Crippen MR) is 108 cm³/mol. The number of carbonyl (C=O) groups excluding carboxylic acids is 2. The molecule has 1 fully saturated rings. The molecule has 2 aromatic rings. The molecule has 1 aromatic heterocycles. The molecular formula is C20H29N4O2S+. The number of benzene rings is 1. The van der Waals surface area contributed by atoms with E-state index in [4.69, 9.17) is 4.98 Å². The van der Waals surface area contributed by atoms with Gasteiger partial charge in [-0.25, -0.2) is 4.98 Å². The lowest BCUT2D eigenvalue weighted by Crippen LogP contribution is -3.14. The van der Waals surface area contributed by atoms with Crippen molar-refractivity contribution in [3.63, 3.8) is 0 Å². The van der Waals surface area contributed by atoms with E-state index < -0.39 is 0 Å². The van der Waals surface area contributed by atoms with E-state index in [2.05, 4.69) is 23.5 Å². The maximum absolute atomic E-state index is 12.7. The third-order valence-corrected chi connectivity index (χ3v) is 6.32. The molecule has 6 nitrogen and oxygen atoms in total. The van der Waals surface area contributed by atoms with Gasteiger partial charge in [0.1, 0.15) is 5.01 Å². The fourth-order valence-corrected chi connectivity index (χ4v) is 4.82. The molecule has 146 valence electrons. The van der Waals surface area contributed by atoms with Crippen LogP contribution in [0.2, 0.25) is 0 Å². The number of amides is 2. The van der Waals surface area contributed by atoms with Crippen LogP contribution in [0.1, 0.15) is 37.6 Å². The van der Waals surface area contributed by atoms with Crippen LogP contribution in [0, 0.1) is 0 Å². The molecule has 2 amide bonds. The lowest BCUT2D eigenvalue weighted by molar-refractivity contribution is -0.898. The molecule has 0 radical (unpaired) electrons. The van der Waals surface area contributed by atoms with Crippen LogP contribution >= 0.6 is 11.3 Å². The summed E-state index contributed by atoms with van der Waals surface area (Å²) < 4.78 is 1.23. The number of likely N-dealkylation sites (tertiary alicyclic amines) is 1. The van der Waals surface area contributed by atoms with Gasteiger partial charge in [-0.3, -0.25) is 9.59 Å². The lowest BCUT2D eigenvalue weighted by atomic mass is 9.98. The highest BCUT2D eigenvalue weighted by atomic mass is 32.1. The molecule has 1 aliphatic rings. The van der Waals surface area contributed by atoms with E-state index in [1.165, 1.54) is 14.6 Å². The van der Waals surface area contributed by atoms with Gasteiger partial charge in [-0.1, -0.05) is 12.1 Å². The van der Waals surface area contributed by atoms with Gasteiger partial charge in [0.05, 0.1) is 35.8 Å². The number of carbonyl (C=O) groups is 2. The number of nitrogens with one attached hydrogen (secondary N) is 2. The second-order valence-electron chi connectivity index (χ2n) is 7.10. The molecule has 2 atom stereocenters. The van der Waals surface area contributed by atoms with Crippen LogP contribution in [-0.2, 0) is 9.59 Å². The van der Waals surface area contributed by atoms with Gasteiger partial charge in [0.15, 0.2) is 6.54 Å². The average Bonchev–Trinajstić information content (AvgIpc) is 3.11. The maximum Gasteiger partial charge on any atom is 0.278 e. The molecule has 7 heteroatoms. The first-order valence-corrected chi connectivity index (χ1v) is 10.7. The van der Waals surface area contributed by atoms with E-state index >= 15 is 0 Å². The molecule has 1 aromatic carbocycles. The summed E-state index contributed by atoms with van der Waals surface area (Å²) >= 11 is 1.78. The summed E-state index contributed by atoms with van der Waals surface area (Å²) in [7, 11) is 0. The van der Waals surface area contributed by atoms with E-state index in [-0.39, 0.29) is 18.4 Å². The number of aromatic nitrogens is 1. The summed E-state index contributed by atoms with van der Waals surface area (Å²) in [5.74, 6) is 0.384. The molecule has 0 aliphatic carbocycles. The number of hydrogen-bond acceptors (Lipinski definition) is 4. The highest BCUT2D eigenvalue weighted by Crippen LogP contribution is 2.30. The number of quaternary nitrogens is 1. The normalized spacial score (nSPS) is 19.8. The number of likely N-dealkylation sites (N-methyl/N-ethyl adjacent to an activating group) is 2. The summed E-state index contributed by atoms with van der Waals surface area (Å²) in [4.78, 5) is 32.3. The molecule has 2 N–H and O–H groups in total. The summed E-state index contributed by atoms with van der Waals surface area (Å²) in [5, 5.41) is 3.95. The van der Waals surface area contributed by atoms with Crippen molar-refractivity contribution in [3.05, 3.63) is 29.3 Å². The first-order valence-electron chi connectivity index (χ1n) is 9.84. The predicted octanol–water partition coefficient (Wildman–Crippen LogP) is 1.04. The number of para-hydroxylation sites is 1. The average molecular weight is 390 g/mol. The summed E-state index contributed by atoms with van der Waals surface area (Å²) in [6.07, 6.45) is 2.24. The van der Waals surface area contributed by atoms with E-state index in [0.717, 1.165) is 31.4 Å². The zero-order valence-corrected chi connectivity index (χ0v) is 17.0. The number of thiazole rings is 1. The minimum absolute atomic E-state index is 0.0590. The van der Waals surface area contributed by atoms with Crippen LogP contribution in [0.5, 0.6) is 0 Å². The Balaban J connectivity index is 1.60. The highest BCUT2D eigenvalue weighted by molar-refractivity contribution is 7.18. The van der Waals surface area contributed by atoms with Gasteiger partial charge >= 0.3 is 0 Å². The highest BCUT2D eigenvalue weighted by Gasteiger charge is 2.29. The minimum Gasteiger partial charge on any atom is -0.355 e. The van der Waals surface area contributed by atoms with Gasteiger partial charge in [0, 0.05) is 13.1 Å². The molecule has 0 saturated carbocycles. The van der Waals surface area contributed by atoms with Crippen LogP contribution in [-0.4, -0.2) is 61.0 Å².